The summed E-state index contributed by atoms with van der Waals surface area (Å²) in [7, 11) is 2.12. The third-order valence-corrected chi connectivity index (χ3v) is 2.94. The van der Waals surface area contributed by atoms with Crippen molar-refractivity contribution < 1.29 is 0 Å². The van der Waals surface area contributed by atoms with Gasteiger partial charge in [-0.2, -0.15) is 0 Å². The molecule has 0 aliphatic rings. The predicted molar refractivity (Wildman–Crippen MR) is 68.7 cm³/mol. The molecule has 1 unspecified atom stereocenters. The van der Waals surface area contributed by atoms with Crippen LogP contribution in [0.1, 0.15) is 23.6 Å². The van der Waals surface area contributed by atoms with E-state index in [1.54, 1.807) is 0 Å². The second kappa shape index (κ2) is 4.52. The lowest BCUT2D eigenvalue weighted by atomic mass is 10.0. The van der Waals surface area contributed by atoms with Crippen LogP contribution in [0.3, 0.4) is 0 Å². The molecule has 0 aromatic heterocycles. The Labute approximate surface area is 93.4 Å². The maximum atomic E-state index is 3.84. The number of aryl methyl sites for hydroxylation is 3. The zero-order valence-electron chi connectivity index (χ0n) is 10.5. The Hall–Kier alpha value is -1.24. The highest BCUT2D eigenvalue weighted by Crippen LogP contribution is 2.26. The molecule has 0 aliphatic carbocycles. The second-order valence-corrected chi connectivity index (χ2v) is 4.33. The van der Waals surface area contributed by atoms with Crippen LogP contribution in [-0.4, -0.2) is 13.1 Å². The maximum absolute atomic E-state index is 3.84. The molecule has 82 valence electrons. The molecule has 0 radical (unpaired) electrons. The van der Waals surface area contributed by atoms with Gasteiger partial charge in [0, 0.05) is 18.8 Å². The lowest BCUT2D eigenvalue weighted by Gasteiger charge is -2.28. The molecule has 0 spiro atoms. The highest BCUT2D eigenvalue weighted by atomic mass is 15.1. The normalized spacial score (nSPS) is 12.3. The lowest BCUT2D eigenvalue weighted by Crippen LogP contribution is -2.28. The fourth-order valence-corrected chi connectivity index (χ4v) is 2.09. The largest absolute Gasteiger partial charge is 0.368 e. The molecule has 0 saturated heterocycles. The van der Waals surface area contributed by atoms with E-state index in [0.29, 0.717) is 6.04 Å². The molecule has 0 heterocycles. The molecule has 1 heteroatoms. The van der Waals surface area contributed by atoms with Gasteiger partial charge in [0.1, 0.15) is 0 Å². The summed E-state index contributed by atoms with van der Waals surface area (Å²) in [6.45, 7) is 12.5. The zero-order chi connectivity index (χ0) is 11.6. The van der Waals surface area contributed by atoms with Crippen LogP contribution in [0.2, 0.25) is 0 Å². The number of hydrogen-bond donors (Lipinski definition) is 0. The molecule has 1 nitrogen and oxygen atoms in total. The topological polar surface area (TPSA) is 3.24 Å². The Morgan fingerprint density at radius 3 is 2.07 bits per heavy atom. The molecule has 1 aromatic carbocycles. The first kappa shape index (κ1) is 11.8. The van der Waals surface area contributed by atoms with Crippen LogP contribution >= 0.6 is 0 Å². The van der Waals surface area contributed by atoms with Crippen molar-refractivity contribution in [1.82, 2.24) is 0 Å². The van der Waals surface area contributed by atoms with Crippen LogP contribution in [-0.2, 0) is 0 Å². The number of hydrogen-bond acceptors (Lipinski definition) is 1. The van der Waals surface area contributed by atoms with E-state index in [4.69, 9.17) is 0 Å². The van der Waals surface area contributed by atoms with Gasteiger partial charge in [-0.3, -0.25) is 0 Å². The number of anilines is 1. The summed E-state index contributed by atoms with van der Waals surface area (Å²) in [6.07, 6.45) is 1.97. The SMILES string of the molecule is C=CC(C)N(C)c1c(C)cc(C)cc1C. The quantitative estimate of drug-likeness (QED) is 0.678. The predicted octanol–water partition coefficient (Wildman–Crippen LogP) is 3.62. The summed E-state index contributed by atoms with van der Waals surface area (Å²) in [5.74, 6) is 0. The van der Waals surface area contributed by atoms with Crippen LogP contribution in [0.25, 0.3) is 0 Å². The number of rotatable bonds is 3. The van der Waals surface area contributed by atoms with Crippen molar-refractivity contribution in [1.29, 1.82) is 0 Å². The zero-order valence-corrected chi connectivity index (χ0v) is 10.5. The van der Waals surface area contributed by atoms with E-state index in [2.05, 4.69) is 58.4 Å². The summed E-state index contributed by atoms with van der Waals surface area (Å²) in [6, 6.07) is 4.83. The van der Waals surface area contributed by atoms with Crippen molar-refractivity contribution in [3.05, 3.63) is 41.5 Å². The van der Waals surface area contributed by atoms with E-state index < -0.39 is 0 Å². The molecular weight excluding hydrogens is 182 g/mol. The second-order valence-electron chi connectivity index (χ2n) is 4.33. The van der Waals surface area contributed by atoms with Gasteiger partial charge in [-0.25, -0.2) is 0 Å². The molecule has 0 aliphatic heterocycles. The minimum absolute atomic E-state index is 0.366. The van der Waals surface area contributed by atoms with Crippen LogP contribution in [0.5, 0.6) is 0 Å². The number of likely N-dealkylation sites (N-methyl/N-ethyl adjacent to an activating group) is 1. The highest BCUT2D eigenvalue weighted by Gasteiger charge is 2.11. The first-order valence-electron chi connectivity index (χ1n) is 5.40. The van der Waals surface area contributed by atoms with Crippen LogP contribution < -0.4 is 4.90 Å². The van der Waals surface area contributed by atoms with Gasteiger partial charge in [-0.1, -0.05) is 23.8 Å². The van der Waals surface area contributed by atoms with E-state index in [-0.39, 0.29) is 0 Å². The molecular formula is C14H21N. The summed E-state index contributed by atoms with van der Waals surface area (Å²) in [5.41, 5.74) is 5.33. The van der Waals surface area contributed by atoms with E-state index in [0.717, 1.165) is 0 Å². The molecule has 1 atom stereocenters. The van der Waals surface area contributed by atoms with Crippen molar-refractivity contribution in [2.75, 3.05) is 11.9 Å². The molecule has 0 amide bonds. The average Bonchev–Trinajstić information content (AvgIpc) is 2.14. The molecule has 0 N–H and O–H groups in total. The monoisotopic (exact) mass is 203 g/mol. The molecule has 0 saturated carbocycles. The van der Waals surface area contributed by atoms with Crippen LogP contribution in [0.15, 0.2) is 24.8 Å². The van der Waals surface area contributed by atoms with Gasteiger partial charge in [0.15, 0.2) is 0 Å². The number of nitrogens with zero attached hydrogens (tertiary/aromatic N) is 1. The van der Waals surface area contributed by atoms with Crippen molar-refractivity contribution >= 4 is 5.69 Å². The first-order valence-corrected chi connectivity index (χ1v) is 5.40. The third kappa shape index (κ3) is 2.41. The highest BCUT2D eigenvalue weighted by molar-refractivity contribution is 5.60. The van der Waals surface area contributed by atoms with Crippen molar-refractivity contribution in [2.24, 2.45) is 0 Å². The van der Waals surface area contributed by atoms with Gasteiger partial charge < -0.3 is 4.90 Å². The van der Waals surface area contributed by atoms with Crippen molar-refractivity contribution in [3.8, 4) is 0 Å². The third-order valence-electron chi connectivity index (χ3n) is 2.94. The standard InChI is InChI=1S/C14H21N/c1-7-13(5)15(6)14-11(3)8-10(2)9-12(14)4/h7-9,13H,1H2,2-6H3. The Bertz CT molecular complexity index is 343. The average molecular weight is 203 g/mol. The summed E-state index contributed by atoms with van der Waals surface area (Å²) >= 11 is 0. The molecule has 0 bridgehead atoms. The van der Waals surface area contributed by atoms with E-state index >= 15 is 0 Å². The van der Waals surface area contributed by atoms with Gasteiger partial charge in [0.25, 0.3) is 0 Å². The van der Waals surface area contributed by atoms with Gasteiger partial charge >= 0.3 is 0 Å². The first-order chi connectivity index (χ1) is 6.97. The maximum Gasteiger partial charge on any atom is 0.0439 e. The summed E-state index contributed by atoms with van der Waals surface area (Å²) < 4.78 is 0. The molecule has 1 rings (SSSR count). The number of benzene rings is 1. The van der Waals surface area contributed by atoms with Gasteiger partial charge in [-0.05, 0) is 38.8 Å². The fraction of sp³-hybridized carbons (Fsp3) is 0.429. The van der Waals surface area contributed by atoms with E-state index in [9.17, 15) is 0 Å². The summed E-state index contributed by atoms with van der Waals surface area (Å²) in [4.78, 5) is 2.27. The fourth-order valence-electron chi connectivity index (χ4n) is 2.09. The van der Waals surface area contributed by atoms with Gasteiger partial charge in [0.2, 0.25) is 0 Å². The Morgan fingerprint density at radius 1 is 1.20 bits per heavy atom. The van der Waals surface area contributed by atoms with E-state index in [1.165, 1.54) is 22.4 Å². The Balaban J connectivity index is 3.19. The summed E-state index contributed by atoms with van der Waals surface area (Å²) in [5, 5.41) is 0. The van der Waals surface area contributed by atoms with E-state index in [1.807, 2.05) is 6.08 Å². The Kier molecular flexibility index (Phi) is 3.57. The smallest absolute Gasteiger partial charge is 0.0439 e. The van der Waals surface area contributed by atoms with Gasteiger partial charge in [0.05, 0.1) is 0 Å². The molecule has 1 aromatic rings. The Morgan fingerprint density at radius 2 is 1.67 bits per heavy atom. The van der Waals surface area contributed by atoms with Crippen LogP contribution in [0, 0.1) is 20.8 Å². The van der Waals surface area contributed by atoms with Crippen LogP contribution in [0.4, 0.5) is 5.69 Å². The van der Waals surface area contributed by atoms with Gasteiger partial charge in [-0.15, -0.1) is 6.58 Å². The molecule has 15 heavy (non-hydrogen) atoms. The van der Waals surface area contributed by atoms with Crippen molar-refractivity contribution in [3.63, 3.8) is 0 Å². The van der Waals surface area contributed by atoms with Crippen molar-refractivity contribution in [2.45, 2.75) is 33.7 Å². The minimum Gasteiger partial charge on any atom is -0.368 e. The lowest BCUT2D eigenvalue weighted by molar-refractivity contribution is 0.818. The molecule has 0 fully saturated rings. The minimum atomic E-state index is 0.366.